The van der Waals surface area contributed by atoms with Gasteiger partial charge in [-0.25, -0.2) is 4.79 Å². The van der Waals surface area contributed by atoms with Crippen molar-refractivity contribution in [2.24, 2.45) is 0 Å². The third kappa shape index (κ3) is 2.38. The van der Waals surface area contributed by atoms with Crippen LogP contribution in [0.1, 0.15) is 36.4 Å². The van der Waals surface area contributed by atoms with E-state index in [2.05, 4.69) is 19.2 Å². The predicted molar refractivity (Wildman–Crippen MR) is 69.8 cm³/mol. The minimum Gasteiger partial charge on any atom is -0.475 e. The number of furan rings is 1. The Balaban J connectivity index is 2.39. The van der Waals surface area contributed by atoms with Gasteiger partial charge in [0.2, 0.25) is 5.76 Å². The van der Waals surface area contributed by atoms with Crippen molar-refractivity contribution in [3.8, 4) is 0 Å². The molecule has 0 aliphatic carbocycles. The topological polar surface area (TPSA) is 62.5 Å². The van der Waals surface area contributed by atoms with Crippen molar-refractivity contribution in [1.29, 1.82) is 0 Å². The highest BCUT2D eigenvalue weighted by Gasteiger charge is 2.19. The van der Waals surface area contributed by atoms with E-state index in [9.17, 15) is 4.79 Å². The summed E-state index contributed by atoms with van der Waals surface area (Å²) in [6.07, 6.45) is 0.998. The van der Waals surface area contributed by atoms with Crippen molar-refractivity contribution in [2.45, 2.75) is 32.9 Å². The molecule has 0 aliphatic heterocycles. The first-order valence-electron chi connectivity index (χ1n) is 6.10. The second kappa shape index (κ2) is 5.23. The fourth-order valence-corrected chi connectivity index (χ4v) is 1.87. The number of aromatic carboxylic acids is 1. The number of rotatable bonds is 5. The third-order valence-electron chi connectivity index (χ3n) is 3.13. The molecule has 1 aromatic carbocycles. The molecule has 0 aliphatic rings. The fraction of sp³-hybridized carbons (Fsp3) is 0.357. The van der Waals surface area contributed by atoms with Crippen molar-refractivity contribution in [3.63, 3.8) is 0 Å². The van der Waals surface area contributed by atoms with Crippen molar-refractivity contribution in [3.05, 3.63) is 35.6 Å². The zero-order valence-corrected chi connectivity index (χ0v) is 10.6. The lowest BCUT2D eigenvalue weighted by molar-refractivity contribution is 0.0663. The van der Waals surface area contributed by atoms with Gasteiger partial charge in [0.25, 0.3) is 0 Å². The van der Waals surface area contributed by atoms with E-state index in [1.54, 1.807) is 6.07 Å². The zero-order chi connectivity index (χ0) is 13.1. The van der Waals surface area contributed by atoms with Crippen molar-refractivity contribution >= 4 is 16.9 Å². The summed E-state index contributed by atoms with van der Waals surface area (Å²) in [6.45, 7) is 4.67. The van der Waals surface area contributed by atoms with Crippen LogP contribution in [-0.4, -0.2) is 17.1 Å². The molecule has 0 radical (unpaired) electrons. The van der Waals surface area contributed by atoms with Gasteiger partial charge in [-0.15, -0.1) is 0 Å². The summed E-state index contributed by atoms with van der Waals surface area (Å²) in [7, 11) is 0. The molecule has 0 bridgehead atoms. The van der Waals surface area contributed by atoms with Crippen molar-refractivity contribution in [1.82, 2.24) is 5.32 Å². The molecule has 4 heteroatoms. The smallest absolute Gasteiger partial charge is 0.372 e. The maximum atomic E-state index is 11.2. The monoisotopic (exact) mass is 247 g/mol. The van der Waals surface area contributed by atoms with Crippen LogP contribution in [0.4, 0.5) is 0 Å². The number of carboxylic acids is 1. The quantitative estimate of drug-likeness (QED) is 0.852. The molecule has 1 heterocycles. The predicted octanol–water partition coefficient (Wildman–Crippen LogP) is 3.02. The molecule has 0 spiro atoms. The average molecular weight is 247 g/mol. The first-order chi connectivity index (χ1) is 8.63. The summed E-state index contributed by atoms with van der Waals surface area (Å²) in [5.74, 6) is -0.987. The first kappa shape index (κ1) is 12.6. The molecule has 96 valence electrons. The van der Waals surface area contributed by atoms with Crippen LogP contribution >= 0.6 is 0 Å². The molecular formula is C14H17NO3. The van der Waals surface area contributed by atoms with Gasteiger partial charge in [-0.3, -0.25) is 0 Å². The number of carboxylic acid groups (broad SMARTS) is 1. The Morgan fingerprint density at radius 3 is 2.83 bits per heavy atom. The molecule has 0 saturated carbocycles. The number of benzene rings is 1. The summed E-state index contributed by atoms with van der Waals surface area (Å²) in [6, 6.07) is 7.74. The molecule has 1 atom stereocenters. The average Bonchev–Trinajstić information content (AvgIpc) is 2.75. The van der Waals surface area contributed by atoms with Gasteiger partial charge in [-0.05, 0) is 19.4 Å². The van der Waals surface area contributed by atoms with Crippen LogP contribution < -0.4 is 5.32 Å². The van der Waals surface area contributed by atoms with E-state index in [4.69, 9.17) is 9.52 Å². The highest BCUT2D eigenvalue weighted by molar-refractivity contribution is 5.95. The van der Waals surface area contributed by atoms with Crippen molar-refractivity contribution < 1.29 is 14.3 Å². The van der Waals surface area contributed by atoms with Gasteiger partial charge in [-0.2, -0.15) is 0 Å². The van der Waals surface area contributed by atoms with Gasteiger partial charge < -0.3 is 14.8 Å². The molecule has 1 aromatic heterocycles. The Morgan fingerprint density at radius 1 is 1.44 bits per heavy atom. The Morgan fingerprint density at radius 2 is 2.17 bits per heavy atom. The van der Waals surface area contributed by atoms with Crippen LogP contribution in [0.5, 0.6) is 0 Å². The molecule has 0 saturated heterocycles. The van der Waals surface area contributed by atoms with E-state index in [0.29, 0.717) is 18.2 Å². The minimum absolute atomic E-state index is 0.0343. The molecule has 2 aromatic rings. The Labute approximate surface area is 106 Å². The molecule has 4 nitrogen and oxygen atoms in total. The molecule has 1 unspecified atom stereocenters. The standard InChI is InChI=1S/C14H17NO3/c1-3-9(2)15-8-11-10-6-4-5-7-12(10)18-13(11)14(16)17/h4-7,9,15H,3,8H2,1-2H3,(H,16,17). The number of nitrogens with one attached hydrogen (secondary N) is 1. The van der Waals surface area contributed by atoms with Gasteiger partial charge in [0.1, 0.15) is 5.58 Å². The van der Waals surface area contributed by atoms with Crippen LogP contribution in [0.25, 0.3) is 11.0 Å². The summed E-state index contributed by atoms with van der Waals surface area (Å²) in [5, 5.41) is 13.3. The van der Waals surface area contributed by atoms with Gasteiger partial charge in [0.15, 0.2) is 0 Å². The number of fused-ring (bicyclic) bond motifs is 1. The van der Waals surface area contributed by atoms with E-state index < -0.39 is 5.97 Å². The Bertz CT molecular complexity index is 559. The lowest BCUT2D eigenvalue weighted by Crippen LogP contribution is -2.25. The van der Waals surface area contributed by atoms with Crippen LogP contribution in [0, 0.1) is 0 Å². The van der Waals surface area contributed by atoms with E-state index in [0.717, 1.165) is 17.4 Å². The summed E-state index contributed by atoms with van der Waals surface area (Å²) in [4.78, 5) is 11.2. The van der Waals surface area contributed by atoms with Gasteiger partial charge in [0.05, 0.1) is 0 Å². The Kier molecular flexibility index (Phi) is 3.67. The SMILES string of the molecule is CCC(C)NCc1c(C(=O)O)oc2ccccc12. The van der Waals surface area contributed by atoms with Crippen LogP contribution in [0.3, 0.4) is 0 Å². The van der Waals surface area contributed by atoms with Crippen LogP contribution in [-0.2, 0) is 6.54 Å². The minimum atomic E-state index is -1.02. The van der Waals surface area contributed by atoms with E-state index in [1.807, 2.05) is 18.2 Å². The highest BCUT2D eigenvalue weighted by atomic mass is 16.4. The van der Waals surface area contributed by atoms with E-state index >= 15 is 0 Å². The van der Waals surface area contributed by atoms with Crippen LogP contribution in [0.2, 0.25) is 0 Å². The van der Waals surface area contributed by atoms with E-state index in [-0.39, 0.29) is 5.76 Å². The summed E-state index contributed by atoms with van der Waals surface area (Å²) in [5.41, 5.74) is 1.34. The zero-order valence-electron chi connectivity index (χ0n) is 10.6. The largest absolute Gasteiger partial charge is 0.475 e. The highest BCUT2D eigenvalue weighted by Crippen LogP contribution is 2.25. The third-order valence-corrected chi connectivity index (χ3v) is 3.13. The Hall–Kier alpha value is -1.81. The number of para-hydroxylation sites is 1. The molecule has 2 N–H and O–H groups in total. The van der Waals surface area contributed by atoms with Gasteiger partial charge in [-0.1, -0.05) is 25.1 Å². The normalized spacial score (nSPS) is 12.8. The van der Waals surface area contributed by atoms with Crippen LogP contribution in [0.15, 0.2) is 28.7 Å². The summed E-state index contributed by atoms with van der Waals surface area (Å²) >= 11 is 0. The molecule has 18 heavy (non-hydrogen) atoms. The molecular weight excluding hydrogens is 230 g/mol. The maximum Gasteiger partial charge on any atom is 0.372 e. The van der Waals surface area contributed by atoms with E-state index in [1.165, 1.54) is 0 Å². The van der Waals surface area contributed by atoms with Gasteiger partial charge in [0, 0.05) is 23.5 Å². The second-order valence-corrected chi connectivity index (χ2v) is 4.40. The van der Waals surface area contributed by atoms with Gasteiger partial charge >= 0.3 is 5.97 Å². The lowest BCUT2D eigenvalue weighted by atomic mass is 10.1. The number of hydrogen-bond donors (Lipinski definition) is 2. The molecule has 0 fully saturated rings. The number of carbonyl (C=O) groups is 1. The maximum absolute atomic E-state index is 11.2. The second-order valence-electron chi connectivity index (χ2n) is 4.40. The lowest BCUT2D eigenvalue weighted by Gasteiger charge is -2.10. The summed E-state index contributed by atoms with van der Waals surface area (Å²) < 4.78 is 5.39. The van der Waals surface area contributed by atoms with Crippen molar-refractivity contribution in [2.75, 3.05) is 0 Å². The number of hydrogen-bond acceptors (Lipinski definition) is 3. The fourth-order valence-electron chi connectivity index (χ4n) is 1.87. The molecule has 2 rings (SSSR count). The first-order valence-corrected chi connectivity index (χ1v) is 6.10. The molecule has 0 amide bonds.